The van der Waals surface area contributed by atoms with Gasteiger partial charge in [-0.05, 0) is 67.9 Å². The summed E-state index contributed by atoms with van der Waals surface area (Å²) in [6, 6.07) is 24.0. The summed E-state index contributed by atoms with van der Waals surface area (Å²) in [5, 5.41) is 7.19. The van der Waals surface area contributed by atoms with Crippen LogP contribution in [0.5, 0.6) is 17.2 Å². The van der Waals surface area contributed by atoms with Crippen LogP contribution in [0.2, 0.25) is 0 Å². The van der Waals surface area contributed by atoms with Gasteiger partial charge in [-0.3, -0.25) is 4.79 Å². The second kappa shape index (κ2) is 10.7. The Morgan fingerprint density at radius 3 is 2.43 bits per heavy atom. The number of carbonyl (C=O) groups excluding carboxylic acids is 1. The van der Waals surface area contributed by atoms with Gasteiger partial charge in [0, 0.05) is 5.69 Å². The van der Waals surface area contributed by atoms with Crippen LogP contribution in [0.3, 0.4) is 0 Å². The van der Waals surface area contributed by atoms with Crippen LogP contribution in [0.1, 0.15) is 19.4 Å². The first kappa shape index (κ1) is 20.9. The van der Waals surface area contributed by atoms with Crippen molar-refractivity contribution in [2.45, 2.75) is 19.9 Å². The Balaban J connectivity index is 1.51. The Morgan fingerprint density at radius 1 is 0.967 bits per heavy atom. The highest BCUT2D eigenvalue weighted by Gasteiger charge is 2.11. The monoisotopic (exact) mass is 403 g/mol. The van der Waals surface area contributed by atoms with Gasteiger partial charge < -0.3 is 14.8 Å². The van der Waals surface area contributed by atoms with Crippen molar-refractivity contribution < 1.29 is 14.3 Å². The van der Waals surface area contributed by atoms with Crippen molar-refractivity contribution in [2.75, 3.05) is 11.9 Å². The highest BCUT2D eigenvalue weighted by Crippen LogP contribution is 2.21. The lowest BCUT2D eigenvalue weighted by molar-refractivity contribution is -0.121. The van der Waals surface area contributed by atoms with Crippen molar-refractivity contribution in [3.8, 4) is 17.2 Å². The SMILES string of the molecule is CCOc1ccc(N[C@H](C)C(=O)N/N=C\c2cccc(Oc3ccccc3)c2)cc1. The van der Waals surface area contributed by atoms with Crippen LogP contribution >= 0.6 is 0 Å². The van der Waals surface area contributed by atoms with Gasteiger partial charge in [0.2, 0.25) is 0 Å². The topological polar surface area (TPSA) is 72.0 Å². The van der Waals surface area contributed by atoms with Gasteiger partial charge in [0.05, 0.1) is 12.8 Å². The molecule has 30 heavy (non-hydrogen) atoms. The number of hydrogen-bond acceptors (Lipinski definition) is 5. The molecule has 0 fully saturated rings. The van der Waals surface area contributed by atoms with Gasteiger partial charge in [0.15, 0.2) is 0 Å². The molecule has 0 aliphatic rings. The minimum atomic E-state index is -0.451. The zero-order valence-electron chi connectivity index (χ0n) is 17.0. The number of amides is 1. The molecule has 0 aromatic heterocycles. The van der Waals surface area contributed by atoms with Crippen molar-refractivity contribution in [1.82, 2.24) is 5.43 Å². The third-order valence-electron chi connectivity index (χ3n) is 4.17. The van der Waals surface area contributed by atoms with E-state index in [0.29, 0.717) is 12.4 Å². The molecule has 0 aliphatic carbocycles. The molecule has 6 nitrogen and oxygen atoms in total. The van der Waals surface area contributed by atoms with E-state index < -0.39 is 6.04 Å². The summed E-state index contributed by atoms with van der Waals surface area (Å²) in [6.07, 6.45) is 1.58. The molecule has 0 saturated heterocycles. The normalized spacial score (nSPS) is 11.7. The molecule has 0 radical (unpaired) electrons. The molecular formula is C24H25N3O3. The van der Waals surface area contributed by atoms with Crippen molar-refractivity contribution in [2.24, 2.45) is 5.10 Å². The molecule has 1 amide bonds. The average Bonchev–Trinajstić information content (AvgIpc) is 2.76. The fourth-order valence-electron chi connectivity index (χ4n) is 2.68. The third-order valence-corrected chi connectivity index (χ3v) is 4.17. The van der Waals surface area contributed by atoms with Gasteiger partial charge in [-0.15, -0.1) is 0 Å². The summed E-state index contributed by atoms with van der Waals surface area (Å²) in [5.74, 6) is 2.01. The van der Waals surface area contributed by atoms with Crippen LogP contribution < -0.4 is 20.2 Å². The number of anilines is 1. The van der Waals surface area contributed by atoms with Crippen LogP contribution in [0.25, 0.3) is 0 Å². The zero-order valence-corrected chi connectivity index (χ0v) is 17.0. The summed E-state index contributed by atoms with van der Waals surface area (Å²) in [7, 11) is 0. The number of hydrazone groups is 1. The third kappa shape index (κ3) is 6.38. The summed E-state index contributed by atoms with van der Waals surface area (Å²) in [6.45, 7) is 4.33. The molecule has 2 N–H and O–H groups in total. The number of nitrogens with one attached hydrogen (secondary N) is 2. The fourth-order valence-corrected chi connectivity index (χ4v) is 2.68. The molecule has 3 aromatic carbocycles. The van der Waals surface area contributed by atoms with E-state index >= 15 is 0 Å². The van der Waals surface area contributed by atoms with Crippen LogP contribution in [0.4, 0.5) is 5.69 Å². The number of carbonyl (C=O) groups is 1. The number of hydrogen-bond donors (Lipinski definition) is 2. The van der Waals surface area contributed by atoms with Gasteiger partial charge in [-0.1, -0.05) is 30.3 Å². The Kier molecular flexibility index (Phi) is 7.44. The second-order valence-electron chi connectivity index (χ2n) is 6.55. The minimum Gasteiger partial charge on any atom is -0.494 e. The van der Waals surface area contributed by atoms with Crippen LogP contribution in [0.15, 0.2) is 84.0 Å². The number of rotatable bonds is 9. The first-order chi connectivity index (χ1) is 14.6. The maximum atomic E-state index is 12.3. The Bertz CT molecular complexity index is 973. The lowest BCUT2D eigenvalue weighted by Crippen LogP contribution is -2.34. The van der Waals surface area contributed by atoms with E-state index in [1.807, 2.05) is 85.8 Å². The van der Waals surface area contributed by atoms with Crippen molar-refractivity contribution in [3.05, 3.63) is 84.4 Å². The van der Waals surface area contributed by atoms with E-state index in [1.54, 1.807) is 13.1 Å². The summed E-state index contributed by atoms with van der Waals surface area (Å²) in [5.41, 5.74) is 4.20. The maximum absolute atomic E-state index is 12.3. The highest BCUT2D eigenvalue weighted by molar-refractivity contribution is 5.86. The fraction of sp³-hybridized carbons (Fsp3) is 0.167. The predicted octanol–water partition coefficient (Wildman–Crippen LogP) is 4.83. The second-order valence-corrected chi connectivity index (χ2v) is 6.55. The predicted molar refractivity (Wildman–Crippen MR) is 119 cm³/mol. The number of nitrogens with zero attached hydrogens (tertiary/aromatic N) is 1. The van der Waals surface area contributed by atoms with Crippen molar-refractivity contribution in [3.63, 3.8) is 0 Å². The molecule has 0 bridgehead atoms. The molecule has 3 aromatic rings. The Morgan fingerprint density at radius 2 is 1.70 bits per heavy atom. The molecule has 0 unspecified atom stereocenters. The van der Waals surface area contributed by atoms with E-state index in [0.717, 1.165) is 22.7 Å². The lowest BCUT2D eigenvalue weighted by Gasteiger charge is -2.14. The number of ether oxygens (including phenoxy) is 2. The van der Waals surface area contributed by atoms with Crippen LogP contribution in [-0.2, 0) is 4.79 Å². The molecule has 154 valence electrons. The van der Waals surface area contributed by atoms with Gasteiger partial charge in [0.1, 0.15) is 23.3 Å². The van der Waals surface area contributed by atoms with Crippen molar-refractivity contribution >= 4 is 17.8 Å². The summed E-state index contributed by atoms with van der Waals surface area (Å²) in [4.78, 5) is 12.3. The molecule has 0 aliphatic heterocycles. The molecule has 0 spiro atoms. The van der Waals surface area contributed by atoms with E-state index in [9.17, 15) is 4.79 Å². The van der Waals surface area contributed by atoms with E-state index in [1.165, 1.54) is 0 Å². The lowest BCUT2D eigenvalue weighted by atomic mass is 10.2. The maximum Gasteiger partial charge on any atom is 0.262 e. The van der Waals surface area contributed by atoms with Gasteiger partial charge in [-0.2, -0.15) is 5.10 Å². The van der Waals surface area contributed by atoms with Crippen LogP contribution in [-0.4, -0.2) is 24.8 Å². The highest BCUT2D eigenvalue weighted by atomic mass is 16.5. The summed E-state index contributed by atoms with van der Waals surface area (Å²) < 4.78 is 11.2. The van der Waals surface area contributed by atoms with Crippen LogP contribution in [0, 0.1) is 0 Å². The number of para-hydroxylation sites is 1. The first-order valence-electron chi connectivity index (χ1n) is 9.79. The molecular weight excluding hydrogens is 378 g/mol. The Labute approximate surface area is 176 Å². The van der Waals surface area contributed by atoms with E-state index in [-0.39, 0.29) is 5.91 Å². The minimum absolute atomic E-state index is 0.239. The smallest absolute Gasteiger partial charge is 0.262 e. The standard InChI is InChI=1S/C24H25N3O3/c1-3-29-21-14-12-20(13-15-21)26-18(2)24(28)27-25-17-19-8-7-11-23(16-19)30-22-9-5-4-6-10-22/h4-18,26H,3H2,1-2H3,(H,27,28)/b25-17-/t18-/m1/s1. The first-order valence-corrected chi connectivity index (χ1v) is 9.79. The largest absolute Gasteiger partial charge is 0.494 e. The molecule has 0 saturated carbocycles. The average molecular weight is 403 g/mol. The molecule has 6 heteroatoms. The van der Waals surface area contributed by atoms with Gasteiger partial charge in [0.25, 0.3) is 5.91 Å². The molecule has 3 rings (SSSR count). The number of benzene rings is 3. The molecule has 0 heterocycles. The van der Waals surface area contributed by atoms with E-state index in [2.05, 4.69) is 15.8 Å². The summed E-state index contributed by atoms with van der Waals surface area (Å²) >= 11 is 0. The quantitative estimate of drug-likeness (QED) is 0.397. The molecule has 1 atom stereocenters. The van der Waals surface area contributed by atoms with Crippen molar-refractivity contribution in [1.29, 1.82) is 0 Å². The van der Waals surface area contributed by atoms with Gasteiger partial charge in [-0.25, -0.2) is 5.43 Å². The Hall–Kier alpha value is -3.80. The van der Waals surface area contributed by atoms with E-state index in [4.69, 9.17) is 9.47 Å². The van der Waals surface area contributed by atoms with Gasteiger partial charge >= 0.3 is 0 Å². The zero-order chi connectivity index (χ0) is 21.2.